The summed E-state index contributed by atoms with van der Waals surface area (Å²) in [6.45, 7) is 0. The summed E-state index contributed by atoms with van der Waals surface area (Å²) < 4.78 is 26.5. The minimum Gasteiger partial charge on any atom is -0.478 e. The van der Waals surface area contributed by atoms with Crippen LogP contribution in [-0.4, -0.2) is 30.6 Å². The van der Waals surface area contributed by atoms with E-state index >= 15 is 0 Å². The van der Waals surface area contributed by atoms with Crippen molar-refractivity contribution in [1.82, 2.24) is 0 Å². The van der Waals surface area contributed by atoms with Gasteiger partial charge in [-0.1, -0.05) is 18.2 Å². The van der Waals surface area contributed by atoms with E-state index < -0.39 is 22.0 Å². The highest BCUT2D eigenvalue weighted by Crippen LogP contribution is 2.19. The van der Waals surface area contributed by atoms with Gasteiger partial charge in [0.15, 0.2) is 0 Å². The number of sulfonamides is 1. The molecule has 3 N–H and O–H groups in total. The first-order valence-electron chi connectivity index (χ1n) is 5.99. The Balaban J connectivity index is 2.45. The molecule has 0 spiro atoms. The zero-order valence-corrected chi connectivity index (χ0v) is 11.9. The molecule has 2 aromatic rings. The van der Waals surface area contributed by atoms with Crippen molar-refractivity contribution in [3.05, 3.63) is 59.7 Å². The van der Waals surface area contributed by atoms with Crippen molar-refractivity contribution in [3.63, 3.8) is 0 Å². The minimum atomic E-state index is -3.93. The van der Waals surface area contributed by atoms with Crippen LogP contribution in [0, 0.1) is 0 Å². The summed E-state index contributed by atoms with van der Waals surface area (Å²) in [5.74, 6) is -2.72. The first-order valence-corrected chi connectivity index (χ1v) is 7.47. The van der Waals surface area contributed by atoms with E-state index in [9.17, 15) is 18.0 Å². The maximum absolute atomic E-state index is 12.2. The maximum Gasteiger partial charge on any atom is 0.335 e. The molecule has 2 rings (SSSR count). The van der Waals surface area contributed by atoms with E-state index in [4.69, 9.17) is 10.2 Å². The molecule has 114 valence electrons. The summed E-state index contributed by atoms with van der Waals surface area (Å²) in [7, 11) is -3.93. The number of carbonyl (C=O) groups is 2. The van der Waals surface area contributed by atoms with E-state index in [2.05, 4.69) is 4.72 Å². The number of benzene rings is 2. The van der Waals surface area contributed by atoms with Gasteiger partial charge in [0, 0.05) is 0 Å². The van der Waals surface area contributed by atoms with Crippen LogP contribution in [-0.2, 0) is 10.0 Å². The average Bonchev–Trinajstić information content (AvgIpc) is 2.47. The van der Waals surface area contributed by atoms with Gasteiger partial charge >= 0.3 is 11.9 Å². The molecular formula is C14H11NO6S. The van der Waals surface area contributed by atoms with E-state index in [1.165, 1.54) is 24.3 Å². The lowest BCUT2D eigenvalue weighted by molar-refractivity contribution is 0.0696. The van der Waals surface area contributed by atoms with Crippen LogP contribution < -0.4 is 4.72 Å². The molecular weight excluding hydrogens is 310 g/mol. The fourth-order valence-corrected chi connectivity index (χ4v) is 2.81. The van der Waals surface area contributed by atoms with Gasteiger partial charge in [-0.3, -0.25) is 4.72 Å². The molecule has 0 aliphatic rings. The van der Waals surface area contributed by atoms with E-state index in [1.807, 2.05) is 0 Å². The molecule has 0 fully saturated rings. The van der Waals surface area contributed by atoms with Crippen LogP contribution in [0.2, 0.25) is 0 Å². The first kappa shape index (κ1) is 15.5. The third-order valence-electron chi connectivity index (χ3n) is 2.73. The monoisotopic (exact) mass is 321 g/mol. The van der Waals surface area contributed by atoms with Crippen LogP contribution in [0.4, 0.5) is 5.69 Å². The van der Waals surface area contributed by atoms with Gasteiger partial charge in [0.05, 0.1) is 21.7 Å². The minimum absolute atomic E-state index is 0.0207. The van der Waals surface area contributed by atoms with Crippen LogP contribution in [0.5, 0.6) is 0 Å². The van der Waals surface area contributed by atoms with Gasteiger partial charge < -0.3 is 10.2 Å². The molecule has 2 aromatic carbocycles. The van der Waals surface area contributed by atoms with E-state index in [-0.39, 0.29) is 21.7 Å². The van der Waals surface area contributed by atoms with Crippen molar-refractivity contribution in [2.45, 2.75) is 4.90 Å². The Labute approximate surface area is 125 Å². The molecule has 8 heteroatoms. The van der Waals surface area contributed by atoms with Crippen molar-refractivity contribution >= 4 is 27.6 Å². The normalized spacial score (nSPS) is 10.9. The molecule has 0 amide bonds. The van der Waals surface area contributed by atoms with Gasteiger partial charge in [-0.15, -0.1) is 0 Å². The van der Waals surface area contributed by atoms with Crippen molar-refractivity contribution < 1.29 is 28.2 Å². The molecule has 0 atom stereocenters. The first-order chi connectivity index (χ1) is 10.3. The van der Waals surface area contributed by atoms with Crippen LogP contribution in [0.15, 0.2) is 53.4 Å². The topological polar surface area (TPSA) is 121 Å². The molecule has 0 aliphatic heterocycles. The lowest BCUT2D eigenvalue weighted by Gasteiger charge is -2.09. The quantitative estimate of drug-likeness (QED) is 0.773. The largest absolute Gasteiger partial charge is 0.478 e. The second kappa shape index (κ2) is 5.86. The summed E-state index contributed by atoms with van der Waals surface area (Å²) in [5.41, 5.74) is -0.794. The summed E-state index contributed by atoms with van der Waals surface area (Å²) in [4.78, 5) is 22.0. The average molecular weight is 321 g/mol. The molecule has 7 nitrogen and oxygen atoms in total. The van der Waals surface area contributed by atoms with Gasteiger partial charge in [0.2, 0.25) is 0 Å². The number of anilines is 1. The Bertz CT molecular complexity index is 797. The number of aromatic carboxylic acids is 2. The van der Waals surface area contributed by atoms with Gasteiger partial charge in [-0.2, -0.15) is 0 Å². The molecule has 0 saturated carbocycles. The summed E-state index contributed by atoms with van der Waals surface area (Å²) in [6.07, 6.45) is 0. The molecule has 0 radical (unpaired) electrons. The van der Waals surface area contributed by atoms with Crippen LogP contribution in [0.1, 0.15) is 20.7 Å². The molecule has 0 bridgehead atoms. The SMILES string of the molecule is O=C(O)c1cc(NS(=O)(=O)c2ccccc2)cc(C(=O)O)c1. The molecule has 0 heterocycles. The number of rotatable bonds is 5. The number of carboxylic acids is 2. The molecule has 0 aliphatic carbocycles. The Morgan fingerprint density at radius 3 is 1.82 bits per heavy atom. The maximum atomic E-state index is 12.2. The van der Waals surface area contributed by atoms with Gasteiger partial charge in [0.1, 0.15) is 0 Å². The Hall–Kier alpha value is -2.87. The lowest BCUT2D eigenvalue weighted by atomic mass is 10.1. The van der Waals surface area contributed by atoms with Crippen molar-refractivity contribution in [2.75, 3.05) is 4.72 Å². The number of hydrogen-bond donors (Lipinski definition) is 3. The van der Waals surface area contributed by atoms with E-state index in [0.29, 0.717) is 0 Å². The highest BCUT2D eigenvalue weighted by atomic mass is 32.2. The molecule has 0 aromatic heterocycles. The third-order valence-corrected chi connectivity index (χ3v) is 4.13. The van der Waals surface area contributed by atoms with Gasteiger partial charge in [-0.05, 0) is 30.3 Å². The Morgan fingerprint density at radius 1 is 0.864 bits per heavy atom. The van der Waals surface area contributed by atoms with Crippen LogP contribution >= 0.6 is 0 Å². The predicted octanol–water partition coefficient (Wildman–Crippen LogP) is 1.88. The zero-order valence-electron chi connectivity index (χ0n) is 11.1. The summed E-state index contributed by atoms with van der Waals surface area (Å²) in [5, 5.41) is 17.9. The second-order valence-electron chi connectivity index (χ2n) is 4.33. The second-order valence-corrected chi connectivity index (χ2v) is 6.01. The Morgan fingerprint density at radius 2 is 1.36 bits per heavy atom. The van der Waals surface area contributed by atoms with Crippen LogP contribution in [0.25, 0.3) is 0 Å². The molecule has 0 unspecified atom stereocenters. The lowest BCUT2D eigenvalue weighted by Crippen LogP contribution is -2.14. The third kappa shape index (κ3) is 3.41. The fourth-order valence-electron chi connectivity index (χ4n) is 1.75. The van der Waals surface area contributed by atoms with Crippen molar-refractivity contribution in [3.8, 4) is 0 Å². The molecule has 0 saturated heterocycles. The van der Waals surface area contributed by atoms with Crippen LogP contribution in [0.3, 0.4) is 0 Å². The number of nitrogens with one attached hydrogen (secondary N) is 1. The fraction of sp³-hybridized carbons (Fsp3) is 0. The van der Waals surface area contributed by atoms with Gasteiger partial charge in [0.25, 0.3) is 10.0 Å². The smallest absolute Gasteiger partial charge is 0.335 e. The summed E-state index contributed by atoms with van der Waals surface area (Å²) >= 11 is 0. The standard InChI is InChI=1S/C14H11NO6S/c16-13(17)9-6-10(14(18)19)8-11(7-9)15-22(20,21)12-4-2-1-3-5-12/h1-8,15H,(H,16,17)(H,18,19). The zero-order chi connectivity index (χ0) is 16.3. The van der Waals surface area contributed by atoms with E-state index in [0.717, 1.165) is 18.2 Å². The predicted molar refractivity (Wildman–Crippen MR) is 77.6 cm³/mol. The van der Waals surface area contributed by atoms with Crippen molar-refractivity contribution in [1.29, 1.82) is 0 Å². The van der Waals surface area contributed by atoms with E-state index in [1.54, 1.807) is 6.07 Å². The number of hydrogen-bond acceptors (Lipinski definition) is 4. The van der Waals surface area contributed by atoms with Gasteiger partial charge in [-0.25, -0.2) is 18.0 Å². The molecule has 22 heavy (non-hydrogen) atoms. The summed E-state index contributed by atoms with van der Waals surface area (Å²) in [6, 6.07) is 10.5. The Kier molecular flexibility index (Phi) is 4.13. The highest BCUT2D eigenvalue weighted by Gasteiger charge is 2.17. The number of carboxylic acid groups (broad SMARTS) is 2. The van der Waals surface area contributed by atoms with Crippen molar-refractivity contribution in [2.24, 2.45) is 0 Å². The highest BCUT2D eigenvalue weighted by molar-refractivity contribution is 7.92.